The Morgan fingerprint density at radius 2 is 0.667 bits per heavy atom. The number of esters is 3. The Bertz CT molecular complexity index is 1370. The molecule has 0 aromatic carbocycles. The van der Waals surface area contributed by atoms with Gasteiger partial charge in [-0.15, -0.1) is 0 Å². The molecule has 0 radical (unpaired) electrons. The Morgan fingerprint density at radius 3 is 1.08 bits per heavy atom. The van der Waals surface area contributed by atoms with E-state index in [4.69, 9.17) is 14.2 Å². The molecule has 0 N–H and O–H groups in total. The van der Waals surface area contributed by atoms with E-state index >= 15 is 0 Å². The molecule has 0 fully saturated rings. The average Bonchev–Trinajstić information content (AvgIpc) is 3.31. The van der Waals surface area contributed by atoms with Crippen molar-refractivity contribution < 1.29 is 28.6 Å². The quantitative estimate of drug-likeness (QED) is 0.0199. The summed E-state index contributed by atoms with van der Waals surface area (Å²) in [6.45, 7) is 6.38. The van der Waals surface area contributed by atoms with Gasteiger partial charge in [0.05, 0.1) is 0 Å². The fourth-order valence-electron chi connectivity index (χ4n) is 6.98. The standard InChI is InChI=1S/C60H98O6/c1-4-7-10-13-16-19-22-25-28-30-33-35-38-41-44-47-50-53-59(62)65-56-57(55-64-58(61)52-49-46-43-40-37-34-31-27-24-21-18-15-12-9-6-3)66-60(63)54-51-48-45-42-39-36-32-29-26-23-20-17-14-11-8-5-2/h8,11,16-21,24-29,36,39,45,48,57H,4-7,9-10,12-15,22-23,30-35,37-38,40-44,46-47,49-56H2,1-3H3/b11-8-,19-16-,20-17-,21-18-,27-24-,28-25-,29-26-,39-36-,48-45-. The molecule has 0 aliphatic rings. The highest BCUT2D eigenvalue weighted by Crippen LogP contribution is 2.13. The van der Waals surface area contributed by atoms with E-state index in [0.29, 0.717) is 19.3 Å². The first-order valence-electron chi connectivity index (χ1n) is 26.9. The van der Waals surface area contributed by atoms with Gasteiger partial charge >= 0.3 is 17.9 Å². The van der Waals surface area contributed by atoms with Gasteiger partial charge in [-0.2, -0.15) is 0 Å². The zero-order chi connectivity index (χ0) is 47.9. The van der Waals surface area contributed by atoms with Crippen LogP contribution in [0.2, 0.25) is 0 Å². The molecule has 1 atom stereocenters. The van der Waals surface area contributed by atoms with Gasteiger partial charge in [0.2, 0.25) is 0 Å². The number of carbonyl (C=O) groups is 3. The molecule has 0 amide bonds. The van der Waals surface area contributed by atoms with Crippen LogP contribution in [0.25, 0.3) is 0 Å². The van der Waals surface area contributed by atoms with Crippen molar-refractivity contribution >= 4 is 17.9 Å². The van der Waals surface area contributed by atoms with Crippen molar-refractivity contribution in [3.8, 4) is 0 Å². The summed E-state index contributed by atoms with van der Waals surface area (Å²) in [4.78, 5) is 38.0. The van der Waals surface area contributed by atoms with E-state index in [-0.39, 0.29) is 31.6 Å². The number of hydrogen-bond donors (Lipinski definition) is 0. The molecule has 0 aromatic heterocycles. The lowest BCUT2D eigenvalue weighted by Gasteiger charge is -2.18. The van der Waals surface area contributed by atoms with Crippen molar-refractivity contribution in [1.29, 1.82) is 0 Å². The molecule has 374 valence electrons. The third-order valence-corrected chi connectivity index (χ3v) is 11.0. The van der Waals surface area contributed by atoms with Gasteiger partial charge in [-0.1, -0.05) is 214 Å². The number of ether oxygens (including phenoxy) is 3. The lowest BCUT2D eigenvalue weighted by molar-refractivity contribution is -0.166. The van der Waals surface area contributed by atoms with Crippen LogP contribution in [-0.2, 0) is 28.6 Å². The summed E-state index contributed by atoms with van der Waals surface area (Å²) in [6, 6.07) is 0. The van der Waals surface area contributed by atoms with Crippen LogP contribution in [-0.4, -0.2) is 37.2 Å². The van der Waals surface area contributed by atoms with E-state index < -0.39 is 12.1 Å². The lowest BCUT2D eigenvalue weighted by atomic mass is 10.1. The maximum absolute atomic E-state index is 12.8. The molecule has 0 bridgehead atoms. The predicted octanol–water partition coefficient (Wildman–Crippen LogP) is 17.9. The molecule has 0 spiro atoms. The normalized spacial score (nSPS) is 13.0. The minimum Gasteiger partial charge on any atom is -0.462 e. The van der Waals surface area contributed by atoms with Gasteiger partial charge in [-0.05, 0) is 109 Å². The van der Waals surface area contributed by atoms with Crippen LogP contribution in [0, 0.1) is 0 Å². The number of carbonyl (C=O) groups excluding carboxylic acids is 3. The Balaban J connectivity index is 4.53. The molecule has 0 aliphatic carbocycles. The summed E-state index contributed by atoms with van der Waals surface area (Å²) in [5, 5.41) is 0. The summed E-state index contributed by atoms with van der Waals surface area (Å²) in [7, 11) is 0. The van der Waals surface area contributed by atoms with E-state index in [2.05, 4.69) is 118 Å². The third kappa shape index (κ3) is 51.1. The summed E-state index contributed by atoms with van der Waals surface area (Å²) in [5.41, 5.74) is 0. The van der Waals surface area contributed by atoms with E-state index in [9.17, 15) is 14.4 Å². The van der Waals surface area contributed by atoms with Crippen molar-refractivity contribution in [2.45, 2.75) is 239 Å². The van der Waals surface area contributed by atoms with E-state index in [1.165, 1.54) is 89.9 Å². The minimum atomic E-state index is -0.828. The van der Waals surface area contributed by atoms with Crippen LogP contribution < -0.4 is 0 Å². The first-order chi connectivity index (χ1) is 32.5. The van der Waals surface area contributed by atoms with Gasteiger partial charge in [0.15, 0.2) is 6.10 Å². The maximum atomic E-state index is 12.8. The van der Waals surface area contributed by atoms with Crippen LogP contribution in [0.3, 0.4) is 0 Å². The van der Waals surface area contributed by atoms with Gasteiger partial charge in [-0.25, -0.2) is 0 Å². The molecule has 0 heterocycles. The number of hydrogen-bond acceptors (Lipinski definition) is 6. The molecule has 6 heteroatoms. The Morgan fingerprint density at radius 1 is 0.333 bits per heavy atom. The first-order valence-corrected chi connectivity index (χ1v) is 26.9. The maximum Gasteiger partial charge on any atom is 0.306 e. The van der Waals surface area contributed by atoms with Gasteiger partial charge < -0.3 is 14.2 Å². The van der Waals surface area contributed by atoms with Crippen molar-refractivity contribution in [2.75, 3.05) is 13.2 Å². The van der Waals surface area contributed by atoms with Crippen molar-refractivity contribution in [3.05, 3.63) is 109 Å². The Hall–Kier alpha value is -3.93. The summed E-state index contributed by atoms with van der Waals surface area (Å²) in [6.07, 6.45) is 72.2. The van der Waals surface area contributed by atoms with Crippen LogP contribution in [0.15, 0.2) is 109 Å². The predicted molar refractivity (Wildman–Crippen MR) is 283 cm³/mol. The second-order valence-electron chi connectivity index (χ2n) is 17.4. The zero-order valence-corrected chi connectivity index (χ0v) is 42.7. The number of rotatable bonds is 47. The third-order valence-electron chi connectivity index (χ3n) is 11.0. The van der Waals surface area contributed by atoms with Gasteiger partial charge in [0.25, 0.3) is 0 Å². The van der Waals surface area contributed by atoms with Crippen LogP contribution >= 0.6 is 0 Å². The number of allylic oxidation sites excluding steroid dienone is 18. The zero-order valence-electron chi connectivity index (χ0n) is 42.7. The van der Waals surface area contributed by atoms with Crippen LogP contribution in [0.4, 0.5) is 0 Å². The highest BCUT2D eigenvalue weighted by Gasteiger charge is 2.19. The second-order valence-corrected chi connectivity index (χ2v) is 17.4. The molecule has 0 aliphatic heterocycles. The summed E-state index contributed by atoms with van der Waals surface area (Å²) < 4.78 is 16.7. The molecule has 0 saturated heterocycles. The molecular formula is C60H98O6. The summed E-state index contributed by atoms with van der Waals surface area (Å²) >= 11 is 0. The second kappa shape index (κ2) is 53.7. The lowest BCUT2D eigenvalue weighted by Crippen LogP contribution is -2.30. The minimum absolute atomic E-state index is 0.117. The fourth-order valence-corrected chi connectivity index (χ4v) is 6.98. The van der Waals surface area contributed by atoms with Crippen LogP contribution in [0.1, 0.15) is 233 Å². The fraction of sp³-hybridized carbons (Fsp3) is 0.650. The van der Waals surface area contributed by atoms with E-state index in [0.717, 1.165) is 96.3 Å². The van der Waals surface area contributed by atoms with Gasteiger partial charge in [-0.3, -0.25) is 14.4 Å². The van der Waals surface area contributed by atoms with Crippen molar-refractivity contribution in [2.24, 2.45) is 0 Å². The number of unbranched alkanes of at least 4 members (excludes halogenated alkanes) is 19. The average molecular weight is 915 g/mol. The SMILES string of the molecule is CC/C=C\C/C=C\C/C=C\C/C=C\C/C=C\CCC(=O)OC(COC(=O)CCCCCCCC/C=C\C=C/CCCCC)COC(=O)CCCCCCCCC/C=C\C/C=C\CCCCC. The van der Waals surface area contributed by atoms with Crippen molar-refractivity contribution in [3.63, 3.8) is 0 Å². The van der Waals surface area contributed by atoms with Gasteiger partial charge in [0.1, 0.15) is 13.2 Å². The van der Waals surface area contributed by atoms with Crippen molar-refractivity contribution in [1.82, 2.24) is 0 Å². The Labute approximate surface area is 406 Å². The molecular weight excluding hydrogens is 817 g/mol. The molecule has 0 rings (SSSR count). The monoisotopic (exact) mass is 915 g/mol. The van der Waals surface area contributed by atoms with E-state index in [1.807, 2.05) is 12.2 Å². The van der Waals surface area contributed by atoms with Crippen LogP contribution in [0.5, 0.6) is 0 Å². The molecule has 1 unspecified atom stereocenters. The highest BCUT2D eigenvalue weighted by atomic mass is 16.6. The van der Waals surface area contributed by atoms with E-state index in [1.54, 1.807) is 0 Å². The highest BCUT2D eigenvalue weighted by molar-refractivity contribution is 5.71. The first kappa shape index (κ1) is 62.1. The largest absolute Gasteiger partial charge is 0.462 e. The topological polar surface area (TPSA) is 78.9 Å². The Kier molecular flexibility index (Phi) is 50.5. The molecule has 0 aromatic rings. The molecule has 0 saturated carbocycles. The molecule has 66 heavy (non-hydrogen) atoms. The van der Waals surface area contributed by atoms with Gasteiger partial charge in [0, 0.05) is 19.3 Å². The summed E-state index contributed by atoms with van der Waals surface area (Å²) in [5.74, 6) is -1.02. The molecule has 6 nitrogen and oxygen atoms in total. The smallest absolute Gasteiger partial charge is 0.306 e.